The number of anilines is 1. The summed E-state index contributed by atoms with van der Waals surface area (Å²) < 4.78 is 0.998. The van der Waals surface area contributed by atoms with Crippen LogP contribution in [0.2, 0.25) is 0 Å². The third kappa shape index (κ3) is 2.94. The Balaban J connectivity index is 2.03. The molecule has 2 aromatic carbocycles. The monoisotopic (exact) mass is 355 g/mol. The number of carbonyl (C=O) groups is 1. The van der Waals surface area contributed by atoms with Crippen LogP contribution in [0.3, 0.4) is 0 Å². The van der Waals surface area contributed by atoms with Crippen LogP contribution in [0.5, 0.6) is 0 Å². The minimum Gasteiger partial charge on any atom is -0.351 e. The molecule has 0 spiro atoms. The molecule has 3 rings (SSSR count). The van der Waals surface area contributed by atoms with Gasteiger partial charge >= 0.3 is 6.03 Å². The van der Waals surface area contributed by atoms with Gasteiger partial charge in [0.05, 0.1) is 12.2 Å². The molecule has 0 fully saturated rings. The van der Waals surface area contributed by atoms with Gasteiger partial charge in [0.25, 0.3) is 0 Å². The van der Waals surface area contributed by atoms with Crippen LogP contribution in [0, 0.1) is 0 Å². The largest absolute Gasteiger partial charge is 0.351 e. The Morgan fingerprint density at radius 2 is 1.91 bits per heavy atom. The van der Waals surface area contributed by atoms with Gasteiger partial charge in [-0.15, -0.1) is 0 Å². The van der Waals surface area contributed by atoms with E-state index in [1.54, 1.807) is 17.3 Å². The van der Waals surface area contributed by atoms with E-state index in [-0.39, 0.29) is 0 Å². The van der Waals surface area contributed by atoms with Crippen LogP contribution < -0.4 is 10.6 Å². The van der Waals surface area contributed by atoms with Crippen molar-refractivity contribution in [2.45, 2.75) is 6.54 Å². The number of nitrogens with zero attached hydrogens (tertiary/aromatic N) is 2. The van der Waals surface area contributed by atoms with Crippen LogP contribution >= 0.6 is 15.9 Å². The predicted octanol–water partition coefficient (Wildman–Crippen LogP) is 4.08. The zero-order chi connectivity index (χ0) is 15.5. The van der Waals surface area contributed by atoms with Gasteiger partial charge in [0.15, 0.2) is 0 Å². The van der Waals surface area contributed by atoms with E-state index in [0.29, 0.717) is 6.54 Å². The molecule has 0 aliphatic rings. The maximum atomic E-state index is 11.9. The summed E-state index contributed by atoms with van der Waals surface area (Å²) in [6, 6.07) is 15.0. The number of urea groups is 1. The number of amides is 2. The summed E-state index contributed by atoms with van der Waals surface area (Å²) in [5, 5.41) is 1.93. The van der Waals surface area contributed by atoms with E-state index in [2.05, 4.69) is 20.9 Å². The summed E-state index contributed by atoms with van der Waals surface area (Å²) in [4.78, 5) is 17.6. The Morgan fingerprint density at radius 1 is 1.14 bits per heavy atom. The molecule has 0 aliphatic carbocycles. The molecule has 0 radical (unpaired) electrons. The number of fused-ring (bicyclic) bond motifs is 1. The lowest BCUT2D eigenvalue weighted by Crippen LogP contribution is -2.35. The molecule has 1 heterocycles. The van der Waals surface area contributed by atoms with E-state index in [4.69, 9.17) is 5.73 Å². The van der Waals surface area contributed by atoms with Gasteiger partial charge in [0, 0.05) is 27.6 Å². The second-order valence-corrected chi connectivity index (χ2v) is 5.84. The van der Waals surface area contributed by atoms with Gasteiger partial charge in [-0.1, -0.05) is 40.2 Å². The molecule has 0 saturated carbocycles. The van der Waals surface area contributed by atoms with Crippen LogP contribution in [0.1, 0.15) is 5.56 Å². The van der Waals surface area contributed by atoms with Gasteiger partial charge in [-0.3, -0.25) is 9.88 Å². The first-order valence-corrected chi connectivity index (χ1v) is 7.58. The number of benzene rings is 2. The Labute approximate surface area is 136 Å². The highest BCUT2D eigenvalue weighted by Gasteiger charge is 2.15. The number of halogens is 1. The van der Waals surface area contributed by atoms with Crippen molar-refractivity contribution in [2.75, 3.05) is 4.90 Å². The van der Waals surface area contributed by atoms with Crippen molar-refractivity contribution in [3.05, 3.63) is 71.0 Å². The summed E-state index contributed by atoms with van der Waals surface area (Å²) >= 11 is 3.41. The number of nitrogens with two attached hydrogens (primary N) is 1. The molecule has 3 aromatic rings. The van der Waals surface area contributed by atoms with Crippen LogP contribution in [0.4, 0.5) is 10.5 Å². The highest BCUT2D eigenvalue weighted by Crippen LogP contribution is 2.27. The van der Waals surface area contributed by atoms with E-state index >= 15 is 0 Å². The van der Waals surface area contributed by atoms with E-state index in [9.17, 15) is 4.79 Å². The lowest BCUT2D eigenvalue weighted by Gasteiger charge is -2.22. The molecule has 0 aliphatic heterocycles. The van der Waals surface area contributed by atoms with Crippen LogP contribution in [-0.2, 0) is 6.54 Å². The van der Waals surface area contributed by atoms with Crippen molar-refractivity contribution >= 4 is 38.4 Å². The fourth-order valence-electron chi connectivity index (χ4n) is 2.40. The predicted molar refractivity (Wildman–Crippen MR) is 91.7 cm³/mol. The fourth-order valence-corrected chi connectivity index (χ4v) is 2.66. The fraction of sp³-hybridized carbons (Fsp3) is 0.0588. The zero-order valence-corrected chi connectivity index (χ0v) is 13.3. The Bertz CT molecular complexity index is 812. The third-order valence-corrected chi connectivity index (χ3v) is 4.00. The molecular weight excluding hydrogens is 342 g/mol. The Morgan fingerprint density at radius 3 is 2.64 bits per heavy atom. The second-order valence-electron chi connectivity index (χ2n) is 4.92. The molecule has 2 N–H and O–H groups in total. The molecule has 22 heavy (non-hydrogen) atoms. The van der Waals surface area contributed by atoms with Crippen molar-refractivity contribution in [3.63, 3.8) is 0 Å². The van der Waals surface area contributed by atoms with Crippen molar-refractivity contribution in [1.82, 2.24) is 4.98 Å². The van der Waals surface area contributed by atoms with Gasteiger partial charge < -0.3 is 5.73 Å². The lowest BCUT2D eigenvalue weighted by molar-refractivity contribution is 0.253. The number of aromatic nitrogens is 1. The number of primary amides is 1. The smallest absolute Gasteiger partial charge is 0.319 e. The van der Waals surface area contributed by atoms with Crippen LogP contribution in [-0.4, -0.2) is 11.0 Å². The van der Waals surface area contributed by atoms with E-state index in [0.717, 1.165) is 26.5 Å². The highest BCUT2D eigenvalue weighted by atomic mass is 79.9. The standard InChI is InChI=1S/C17H14BrN3O/c18-14-6-4-12(5-7-14)11-21(17(19)22)16-3-1-2-13-10-20-9-8-15(13)16/h1-10H,11H2,(H2,19,22). The second kappa shape index (κ2) is 6.15. The molecule has 0 saturated heterocycles. The van der Waals surface area contributed by atoms with E-state index in [1.165, 1.54) is 0 Å². The number of carbonyl (C=O) groups excluding carboxylic acids is 1. The average Bonchev–Trinajstić information content (AvgIpc) is 2.54. The number of hydrogen-bond acceptors (Lipinski definition) is 2. The average molecular weight is 356 g/mol. The maximum Gasteiger partial charge on any atom is 0.319 e. The van der Waals surface area contributed by atoms with Crippen molar-refractivity contribution < 1.29 is 4.79 Å². The highest BCUT2D eigenvalue weighted by molar-refractivity contribution is 9.10. The molecule has 1 aromatic heterocycles. The van der Waals surface area contributed by atoms with Crippen molar-refractivity contribution in [1.29, 1.82) is 0 Å². The van der Waals surface area contributed by atoms with Gasteiger partial charge in [0.1, 0.15) is 0 Å². The van der Waals surface area contributed by atoms with Crippen molar-refractivity contribution in [3.8, 4) is 0 Å². The first-order chi connectivity index (χ1) is 10.6. The molecule has 2 amide bonds. The first-order valence-electron chi connectivity index (χ1n) is 6.79. The van der Waals surface area contributed by atoms with Gasteiger partial charge in [-0.2, -0.15) is 0 Å². The van der Waals surface area contributed by atoms with Crippen LogP contribution in [0.25, 0.3) is 10.8 Å². The topological polar surface area (TPSA) is 59.2 Å². The lowest BCUT2D eigenvalue weighted by atomic mass is 10.1. The summed E-state index contributed by atoms with van der Waals surface area (Å²) in [6.45, 7) is 0.421. The normalized spacial score (nSPS) is 10.6. The molecule has 0 atom stereocenters. The van der Waals surface area contributed by atoms with Crippen molar-refractivity contribution in [2.24, 2.45) is 5.73 Å². The molecule has 5 heteroatoms. The minimum atomic E-state index is -0.479. The Kier molecular flexibility index (Phi) is 4.06. The van der Waals surface area contributed by atoms with E-state index in [1.807, 2.05) is 48.5 Å². The maximum absolute atomic E-state index is 11.9. The quantitative estimate of drug-likeness (QED) is 0.769. The Hall–Kier alpha value is -2.40. The molecular formula is C17H14BrN3O. The van der Waals surface area contributed by atoms with Gasteiger partial charge in [-0.25, -0.2) is 4.79 Å². The summed E-state index contributed by atoms with van der Waals surface area (Å²) in [5.41, 5.74) is 7.39. The number of rotatable bonds is 3. The summed E-state index contributed by atoms with van der Waals surface area (Å²) in [7, 11) is 0. The first kappa shape index (κ1) is 14.5. The molecule has 110 valence electrons. The number of pyridine rings is 1. The number of hydrogen-bond donors (Lipinski definition) is 1. The van der Waals surface area contributed by atoms with Gasteiger partial charge in [0.2, 0.25) is 0 Å². The van der Waals surface area contributed by atoms with Crippen LogP contribution in [0.15, 0.2) is 65.4 Å². The molecule has 0 unspecified atom stereocenters. The molecule has 4 nitrogen and oxygen atoms in total. The third-order valence-electron chi connectivity index (χ3n) is 3.47. The van der Waals surface area contributed by atoms with E-state index < -0.39 is 6.03 Å². The SMILES string of the molecule is NC(=O)N(Cc1ccc(Br)cc1)c1cccc2cnccc12. The molecule has 0 bridgehead atoms. The minimum absolute atomic E-state index is 0.421. The zero-order valence-electron chi connectivity index (χ0n) is 11.7. The summed E-state index contributed by atoms with van der Waals surface area (Å²) in [5.74, 6) is 0. The van der Waals surface area contributed by atoms with Gasteiger partial charge in [-0.05, 0) is 29.8 Å². The summed E-state index contributed by atoms with van der Waals surface area (Å²) in [6.07, 6.45) is 3.49.